The first kappa shape index (κ1) is 16.4. The smallest absolute Gasteiger partial charge is 0.257 e. The molecule has 5 nitrogen and oxygen atoms in total. The van der Waals surface area contributed by atoms with E-state index in [4.69, 9.17) is 21.0 Å². The third-order valence-corrected chi connectivity index (χ3v) is 5.76. The molecule has 1 aliphatic rings. The van der Waals surface area contributed by atoms with Gasteiger partial charge in [-0.25, -0.2) is 4.98 Å². The molecule has 2 aromatic heterocycles. The molecule has 1 amide bonds. The van der Waals surface area contributed by atoms with Crippen molar-refractivity contribution in [2.45, 2.75) is 13.8 Å². The molecule has 0 unspecified atom stereocenters. The van der Waals surface area contributed by atoms with E-state index in [9.17, 15) is 4.79 Å². The van der Waals surface area contributed by atoms with Crippen LogP contribution in [0.3, 0.4) is 0 Å². The number of halogens is 1. The fraction of sp³-hybridized carbons (Fsp3) is 0.333. The molecule has 0 radical (unpaired) electrons. The van der Waals surface area contributed by atoms with E-state index in [1.165, 1.54) is 0 Å². The SMILES string of the molecule is Cc1cc(C(=O)N2CCN(c3nc4ccc(Cl)cc4s3)CC2)c(C)o1. The zero-order valence-electron chi connectivity index (χ0n) is 14.1. The van der Waals surface area contributed by atoms with Crippen LogP contribution in [0.25, 0.3) is 10.2 Å². The number of carbonyl (C=O) groups excluding carboxylic acids is 1. The fourth-order valence-electron chi connectivity index (χ4n) is 3.14. The van der Waals surface area contributed by atoms with Crippen molar-refractivity contribution in [2.24, 2.45) is 0 Å². The lowest BCUT2D eigenvalue weighted by molar-refractivity contribution is 0.0745. The molecule has 1 fully saturated rings. The molecule has 3 aromatic rings. The van der Waals surface area contributed by atoms with Crippen molar-refractivity contribution >= 4 is 44.2 Å². The van der Waals surface area contributed by atoms with Gasteiger partial charge in [-0.3, -0.25) is 4.79 Å². The van der Waals surface area contributed by atoms with Gasteiger partial charge in [0.25, 0.3) is 5.91 Å². The lowest BCUT2D eigenvalue weighted by atomic mass is 10.2. The second kappa shape index (κ2) is 6.35. The number of aromatic nitrogens is 1. The Morgan fingerprint density at radius 1 is 1.20 bits per heavy atom. The average Bonchev–Trinajstić information content (AvgIpc) is 3.16. The van der Waals surface area contributed by atoms with Crippen LogP contribution >= 0.6 is 22.9 Å². The van der Waals surface area contributed by atoms with Gasteiger partial charge in [0, 0.05) is 31.2 Å². The summed E-state index contributed by atoms with van der Waals surface area (Å²) in [4.78, 5) is 21.5. The van der Waals surface area contributed by atoms with Gasteiger partial charge in [-0.2, -0.15) is 0 Å². The molecule has 0 spiro atoms. The number of amides is 1. The predicted molar refractivity (Wildman–Crippen MR) is 101 cm³/mol. The number of aryl methyl sites for hydroxylation is 2. The maximum atomic E-state index is 12.7. The summed E-state index contributed by atoms with van der Waals surface area (Å²) in [6.07, 6.45) is 0. The van der Waals surface area contributed by atoms with Crippen LogP contribution in [0.4, 0.5) is 5.13 Å². The molecular weight excluding hydrogens is 358 g/mol. The largest absolute Gasteiger partial charge is 0.466 e. The van der Waals surface area contributed by atoms with E-state index in [0.717, 1.165) is 39.2 Å². The summed E-state index contributed by atoms with van der Waals surface area (Å²) in [5, 5.41) is 1.71. The van der Waals surface area contributed by atoms with Crippen LogP contribution in [-0.4, -0.2) is 42.0 Å². The minimum atomic E-state index is 0.0464. The van der Waals surface area contributed by atoms with Gasteiger partial charge < -0.3 is 14.2 Å². The fourth-order valence-corrected chi connectivity index (χ4v) is 4.43. The van der Waals surface area contributed by atoms with Crippen molar-refractivity contribution in [2.75, 3.05) is 31.1 Å². The maximum Gasteiger partial charge on any atom is 0.257 e. The quantitative estimate of drug-likeness (QED) is 0.676. The maximum absolute atomic E-state index is 12.7. The second-order valence-electron chi connectivity index (χ2n) is 6.21. The summed E-state index contributed by atoms with van der Waals surface area (Å²) in [5.41, 5.74) is 1.63. The number of furan rings is 1. The Morgan fingerprint density at radius 3 is 2.64 bits per heavy atom. The van der Waals surface area contributed by atoms with Crippen LogP contribution in [0, 0.1) is 13.8 Å². The van der Waals surface area contributed by atoms with Crippen molar-refractivity contribution in [3.63, 3.8) is 0 Å². The molecule has 7 heteroatoms. The Labute approximate surface area is 154 Å². The van der Waals surface area contributed by atoms with E-state index in [2.05, 4.69) is 4.90 Å². The van der Waals surface area contributed by atoms with Crippen molar-refractivity contribution < 1.29 is 9.21 Å². The van der Waals surface area contributed by atoms with Crippen molar-refractivity contribution in [1.29, 1.82) is 0 Å². The Bertz CT molecular complexity index is 941. The number of thiazole rings is 1. The van der Waals surface area contributed by atoms with Crippen LogP contribution in [-0.2, 0) is 0 Å². The monoisotopic (exact) mass is 375 g/mol. The Balaban J connectivity index is 1.47. The number of rotatable bonds is 2. The van der Waals surface area contributed by atoms with Gasteiger partial charge in [0.15, 0.2) is 5.13 Å². The van der Waals surface area contributed by atoms with Crippen LogP contribution in [0.1, 0.15) is 21.9 Å². The number of anilines is 1. The topological polar surface area (TPSA) is 49.6 Å². The summed E-state index contributed by atoms with van der Waals surface area (Å²) < 4.78 is 6.57. The molecule has 0 bridgehead atoms. The van der Waals surface area contributed by atoms with E-state index in [-0.39, 0.29) is 5.91 Å². The number of fused-ring (bicyclic) bond motifs is 1. The third kappa shape index (κ3) is 3.12. The van der Waals surface area contributed by atoms with Gasteiger partial charge >= 0.3 is 0 Å². The Morgan fingerprint density at radius 2 is 1.96 bits per heavy atom. The van der Waals surface area contributed by atoms with E-state index in [1.807, 2.05) is 43.0 Å². The van der Waals surface area contributed by atoms with Crippen LogP contribution in [0.5, 0.6) is 0 Å². The molecule has 3 heterocycles. The highest BCUT2D eigenvalue weighted by molar-refractivity contribution is 7.22. The molecule has 130 valence electrons. The van der Waals surface area contributed by atoms with Crippen LogP contribution in [0.15, 0.2) is 28.7 Å². The number of hydrogen-bond acceptors (Lipinski definition) is 5. The molecular formula is C18H18ClN3O2S. The summed E-state index contributed by atoms with van der Waals surface area (Å²) in [6.45, 7) is 6.60. The second-order valence-corrected chi connectivity index (χ2v) is 7.66. The molecule has 1 aromatic carbocycles. The third-order valence-electron chi connectivity index (χ3n) is 4.45. The van der Waals surface area contributed by atoms with Gasteiger partial charge in [-0.15, -0.1) is 0 Å². The molecule has 4 rings (SSSR count). The first-order chi connectivity index (χ1) is 12.0. The number of piperazine rings is 1. The summed E-state index contributed by atoms with van der Waals surface area (Å²) >= 11 is 7.70. The lowest BCUT2D eigenvalue weighted by Crippen LogP contribution is -2.48. The number of nitrogens with zero attached hydrogens (tertiary/aromatic N) is 3. The van der Waals surface area contributed by atoms with Gasteiger partial charge in [-0.05, 0) is 38.1 Å². The Kier molecular flexibility index (Phi) is 4.17. The average molecular weight is 376 g/mol. The standard InChI is InChI=1S/C18H18ClN3O2S/c1-11-9-14(12(2)24-11)17(23)21-5-7-22(8-6-21)18-20-15-4-3-13(19)10-16(15)25-18/h3-4,9-10H,5-8H2,1-2H3. The number of benzene rings is 1. The molecule has 25 heavy (non-hydrogen) atoms. The van der Waals surface area contributed by atoms with Gasteiger partial charge in [0.2, 0.25) is 0 Å². The molecule has 0 saturated carbocycles. The summed E-state index contributed by atoms with van der Waals surface area (Å²) in [5.74, 6) is 1.51. The van der Waals surface area contributed by atoms with Crippen LogP contribution in [0.2, 0.25) is 5.02 Å². The minimum absolute atomic E-state index is 0.0464. The zero-order valence-corrected chi connectivity index (χ0v) is 15.7. The molecule has 1 saturated heterocycles. The van der Waals surface area contributed by atoms with Gasteiger partial charge in [0.1, 0.15) is 11.5 Å². The summed E-state index contributed by atoms with van der Waals surface area (Å²) in [6, 6.07) is 7.57. The van der Waals surface area contributed by atoms with E-state index in [1.54, 1.807) is 11.3 Å². The molecule has 0 atom stereocenters. The normalized spacial score (nSPS) is 15.2. The first-order valence-electron chi connectivity index (χ1n) is 8.18. The van der Waals surface area contributed by atoms with Crippen molar-refractivity contribution in [1.82, 2.24) is 9.88 Å². The first-order valence-corrected chi connectivity index (χ1v) is 9.38. The lowest BCUT2D eigenvalue weighted by Gasteiger charge is -2.34. The number of carbonyl (C=O) groups is 1. The van der Waals surface area contributed by atoms with Crippen molar-refractivity contribution in [3.05, 3.63) is 46.4 Å². The molecule has 0 N–H and O–H groups in total. The van der Waals surface area contributed by atoms with Gasteiger partial charge in [0.05, 0.1) is 15.8 Å². The van der Waals surface area contributed by atoms with E-state index >= 15 is 0 Å². The molecule has 1 aliphatic heterocycles. The predicted octanol–water partition coefficient (Wildman–Crippen LogP) is 4.12. The van der Waals surface area contributed by atoms with E-state index < -0.39 is 0 Å². The minimum Gasteiger partial charge on any atom is -0.466 e. The van der Waals surface area contributed by atoms with Crippen molar-refractivity contribution in [3.8, 4) is 0 Å². The van der Waals surface area contributed by atoms with E-state index in [0.29, 0.717) is 24.4 Å². The molecule has 0 aliphatic carbocycles. The highest BCUT2D eigenvalue weighted by atomic mass is 35.5. The van der Waals surface area contributed by atoms with Gasteiger partial charge in [-0.1, -0.05) is 22.9 Å². The number of hydrogen-bond donors (Lipinski definition) is 0. The zero-order chi connectivity index (χ0) is 17.6. The highest BCUT2D eigenvalue weighted by Gasteiger charge is 2.26. The summed E-state index contributed by atoms with van der Waals surface area (Å²) in [7, 11) is 0. The Hall–Kier alpha value is -2.05. The van der Waals surface area contributed by atoms with Crippen LogP contribution < -0.4 is 4.90 Å². The highest BCUT2D eigenvalue weighted by Crippen LogP contribution is 2.31.